The number of hydrogen-bond donors (Lipinski definition) is 1. The van der Waals surface area contributed by atoms with E-state index < -0.39 is 0 Å². The molecular weight excluding hydrogens is 238 g/mol. The van der Waals surface area contributed by atoms with Crippen molar-refractivity contribution in [2.45, 2.75) is 0 Å². The minimum atomic E-state index is 0.331. The van der Waals surface area contributed by atoms with Gasteiger partial charge in [-0.1, -0.05) is 18.2 Å². The number of pyridine rings is 1. The first kappa shape index (κ1) is 11.1. The van der Waals surface area contributed by atoms with Gasteiger partial charge in [-0.05, 0) is 24.3 Å². The van der Waals surface area contributed by atoms with Crippen LogP contribution < -0.4 is 5.73 Å². The Bertz CT molecular complexity index is 787. The molecule has 2 N–H and O–H groups in total. The highest BCUT2D eigenvalue weighted by atomic mass is 15.1. The number of para-hydroxylation sites is 1. The summed E-state index contributed by atoms with van der Waals surface area (Å²) < 4.78 is 0. The predicted molar refractivity (Wildman–Crippen MR) is 71.9 cm³/mol. The van der Waals surface area contributed by atoms with Gasteiger partial charge in [-0.3, -0.25) is 0 Å². The summed E-state index contributed by atoms with van der Waals surface area (Å²) in [6.45, 7) is 0. The van der Waals surface area contributed by atoms with Crippen LogP contribution in [0, 0.1) is 11.3 Å². The van der Waals surface area contributed by atoms with Crippen LogP contribution in [0.1, 0.15) is 5.69 Å². The quantitative estimate of drug-likeness (QED) is 0.711. The number of rotatable bonds is 1. The number of hydrogen-bond acceptors (Lipinski definition) is 5. The molecule has 0 fully saturated rings. The van der Waals surface area contributed by atoms with Crippen molar-refractivity contribution < 1.29 is 0 Å². The van der Waals surface area contributed by atoms with Gasteiger partial charge in [0.2, 0.25) is 0 Å². The fraction of sp³-hybridized carbons (Fsp3) is 0. The van der Waals surface area contributed by atoms with Crippen LogP contribution in [-0.4, -0.2) is 15.2 Å². The van der Waals surface area contributed by atoms with Crippen LogP contribution in [0.15, 0.2) is 42.5 Å². The highest BCUT2D eigenvalue weighted by molar-refractivity contribution is 5.85. The van der Waals surface area contributed by atoms with Gasteiger partial charge in [-0.2, -0.15) is 5.26 Å². The predicted octanol–water partition coefficient (Wildman–Crippen LogP) is 2.15. The molecule has 0 aliphatic rings. The van der Waals surface area contributed by atoms with E-state index in [0.29, 0.717) is 22.8 Å². The second-order valence-electron chi connectivity index (χ2n) is 4.03. The van der Waals surface area contributed by atoms with E-state index in [1.807, 2.05) is 30.3 Å². The Morgan fingerprint density at radius 1 is 1.05 bits per heavy atom. The van der Waals surface area contributed by atoms with E-state index in [9.17, 15) is 5.26 Å². The first-order valence-corrected chi connectivity index (χ1v) is 5.67. The minimum absolute atomic E-state index is 0.331. The summed E-state index contributed by atoms with van der Waals surface area (Å²) in [4.78, 5) is 4.33. The van der Waals surface area contributed by atoms with Crippen molar-refractivity contribution in [1.29, 1.82) is 5.26 Å². The maximum absolute atomic E-state index is 9.21. The molecule has 0 atom stereocenters. The third-order valence-electron chi connectivity index (χ3n) is 2.79. The van der Waals surface area contributed by atoms with E-state index in [1.165, 1.54) is 0 Å². The average molecular weight is 247 g/mol. The van der Waals surface area contributed by atoms with Gasteiger partial charge in [0.1, 0.15) is 11.9 Å². The zero-order chi connectivity index (χ0) is 13.2. The van der Waals surface area contributed by atoms with Gasteiger partial charge in [-0.25, -0.2) is 4.98 Å². The Balaban J connectivity index is 2.27. The molecule has 2 aromatic heterocycles. The summed E-state index contributed by atoms with van der Waals surface area (Å²) in [5, 5.41) is 18.0. The summed E-state index contributed by atoms with van der Waals surface area (Å²) in [6.07, 6.45) is 0. The lowest BCUT2D eigenvalue weighted by Gasteiger charge is -2.05. The molecule has 3 rings (SSSR count). The summed E-state index contributed by atoms with van der Waals surface area (Å²) in [6, 6.07) is 15.0. The molecule has 2 heterocycles. The van der Waals surface area contributed by atoms with E-state index in [-0.39, 0.29) is 0 Å². The molecule has 0 spiro atoms. The zero-order valence-electron chi connectivity index (χ0n) is 9.91. The van der Waals surface area contributed by atoms with Crippen molar-refractivity contribution >= 4 is 16.7 Å². The Hall–Kier alpha value is -3.00. The lowest BCUT2D eigenvalue weighted by Crippen LogP contribution is -1.97. The zero-order valence-corrected chi connectivity index (χ0v) is 9.91. The lowest BCUT2D eigenvalue weighted by molar-refractivity contribution is 1.05. The highest BCUT2D eigenvalue weighted by Gasteiger charge is 2.10. The number of benzene rings is 1. The maximum atomic E-state index is 9.21. The number of anilines is 1. The molecule has 1 aromatic carbocycles. The minimum Gasteiger partial charge on any atom is -0.382 e. The van der Waals surface area contributed by atoms with Crippen molar-refractivity contribution in [1.82, 2.24) is 15.2 Å². The number of nitrogens with two attached hydrogens (primary N) is 1. The number of aromatic nitrogens is 3. The van der Waals surface area contributed by atoms with Gasteiger partial charge in [-0.15, -0.1) is 10.2 Å². The Kier molecular flexibility index (Phi) is 2.54. The maximum Gasteiger partial charge on any atom is 0.150 e. The highest BCUT2D eigenvalue weighted by Crippen LogP contribution is 2.24. The molecule has 0 amide bonds. The second-order valence-corrected chi connectivity index (χ2v) is 4.03. The second kappa shape index (κ2) is 4.35. The van der Waals surface area contributed by atoms with E-state index in [2.05, 4.69) is 21.3 Å². The van der Waals surface area contributed by atoms with E-state index in [4.69, 9.17) is 5.73 Å². The topological polar surface area (TPSA) is 88.5 Å². The first-order chi connectivity index (χ1) is 9.28. The molecule has 0 bridgehead atoms. The van der Waals surface area contributed by atoms with Crippen LogP contribution in [-0.2, 0) is 0 Å². The lowest BCUT2D eigenvalue weighted by atomic mass is 10.1. The molecule has 5 nitrogen and oxygen atoms in total. The average Bonchev–Trinajstić information content (AvgIpc) is 2.46. The largest absolute Gasteiger partial charge is 0.382 e. The first-order valence-electron chi connectivity index (χ1n) is 5.67. The van der Waals surface area contributed by atoms with Gasteiger partial charge in [0.05, 0.1) is 11.2 Å². The van der Waals surface area contributed by atoms with Crippen LogP contribution >= 0.6 is 0 Å². The number of nitrogen functional groups attached to an aromatic ring is 1. The molecule has 0 unspecified atom stereocenters. The van der Waals surface area contributed by atoms with Crippen molar-refractivity contribution in [2.24, 2.45) is 0 Å². The molecule has 0 radical (unpaired) electrons. The smallest absolute Gasteiger partial charge is 0.150 e. The van der Waals surface area contributed by atoms with Gasteiger partial charge in [0, 0.05) is 10.9 Å². The summed E-state index contributed by atoms with van der Waals surface area (Å²) >= 11 is 0. The molecule has 90 valence electrons. The van der Waals surface area contributed by atoms with Gasteiger partial charge >= 0.3 is 0 Å². The standard InChI is InChI=1S/C14H9N5/c15-8-13-10(12-5-6-14(16)19-18-12)7-9-3-1-2-4-11(9)17-13/h1-7H,(H2,16,19). The van der Waals surface area contributed by atoms with Gasteiger partial charge in [0.25, 0.3) is 0 Å². The van der Waals surface area contributed by atoms with Crippen LogP contribution in [0.25, 0.3) is 22.2 Å². The summed E-state index contributed by atoms with van der Waals surface area (Å²) in [5.41, 5.74) is 7.87. The van der Waals surface area contributed by atoms with Crippen LogP contribution in [0.4, 0.5) is 5.82 Å². The molecule has 3 aromatic rings. The molecule has 0 aliphatic heterocycles. The molecule has 19 heavy (non-hydrogen) atoms. The number of nitrogens with zero attached hydrogens (tertiary/aromatic N) is 4. The van der Waals surface area contributed by atoms with Crippen molar-refractivity contribution in [3.63, 3.8) is 0 Å². The number of nitriles is 1. The van der Waals surface area contributed by atoms with Crippen LogP contribution in [0.3, 0.4) is 0 Å². The van der Waals surface area contributed by atoms with Crippen LogP contribution in [0.2, 0.25) is 0 Å². The Morgan fingerprint density at radius 2 is 1.89 bits per heavy atom. The fourth-order valence-electron chi connectivity index (χ4n) is 1.88. The third-order valence-corrected chi connectivity index (χ3v) is 2.79. The SMILES string of the molecule is N#Cc1nc2ccccc2cc1-c1ccc(N)nn1. The van der Waals surface area contributed by atoms with Crippen molar-refractivity contribution in [3.05, 3.63) is 48.2 Å². The van der Waals surface area contributed by atoms with Gasteiger partial charge < -0.3 is 5.73 Å². The summed E-state index contributed by atoms with van der Waals surface area (Å²) in [7, 11) is 0. The van der Waals surface area contributed by atoms with E-state index in [1.54, 1.807) is 12.1 Å². The van der Waals surface area contributed by atoms with Crippen molar-refractivity contribution in [3.8, 4) is 17.3 Å². The van der Waals surface area contributed by atoms with E-state index in [0.717, 1.165) is 10.9 Å². The Labute approximate surface area is 109 Å². The molecule has 0 saturated heterocycles. The molecule has 5 heteroatoms. The molecule has 0 saturated carbocycles. The van der Waals surface area contributed by atoms with Gasteiger partial charge in [0.15, 0.2) is 5.69 Å². The Morgan fingerprint density at radius 3 is 2.63 bits per heavy atom. The normalized spacial score (nSPS) is 10.3. The third kappa shape index (κ3) is 1.96. The molecular formula is C14H9N5. The number of fused-ring (bicyclic) bond motifs is 1. The van der Waals surface area contributed by atoms with Crippen LogP contribution in [0.5, 0.6) is 0 Å². The molecule has 0 aliphatic carbocycles. The van der Waals surface area contributed by atoms with Crippen molar-refractivity contribution in [2.75, 3.05) is 5.73 Å². The monoisotopic (exact) mass is 247 g/mol. The summed E-state index contributed by atoms with van der Waals surface area (Å²) in [5.74, 6) is 0.344. The van der Waals surface area contributed by atoms with E-state index >= 15 is 0 Å². The fourth-order valence-corrected chi connectivity index (χ4v) is 1.88.